The number of nitrogens with one attached hydrogen (secondary N) is 2. The number of thioether (sulfide) groups is 1. The van der Waals surface area contributed by atoms with Crippen molar-refractivity contribution in [2.45, 2.75) is 25.7 Å². The highest BCUT2D eigenvalue weighted by molar-refractivity contribution is 14.0. The van der Waals surface area contributed by atoms with Gasteiger partial charge in [0, 0.05) is 26.7 Å². The minimum Gasteiger partial charge on any atom is -0.356 e. The van der Waals surface area contributed by atoms with Crippen molar-refractivity contribution in [2.75, 3.05) is 51.8 Å². The Morgan fingerprint density at radius 2 is 1.84 bits per heavy atom. The molecule has 0 spiro atoms. The molecule has 0 radical (unpaired) electrons. The standard InChI is InChI=1S/C13H28N4S.HI/c1-14-13(15-7-6-12-18-2)16-8-11-17-9-4-3-5-10-17;/h3-12H2,1-2H3,(H2,14,15,16);1H. The molecule has 0 bridgehead atoms. The lowest BCUT2D eigenvalue weighted by molar-refractivity contribution is 0.232. The third kappa shape index (κ3) is 9.79. The van der Waals surface area contributed by atoms with Crippen LogP contribution in [0.4, 0.5) is 0 Å². The molecule has 0 aromatic carbocycles. The predicted octanol–water partition coefficient (Wildman–Crippen LogP) is 2.01. The van der Waals surface area contributed by atoms with Crippen LogP contribution in [0.1, 0.15) is 25.7 Å². The number of hydrogen-bond acceptors (Lipinski definition) is 3. The summed E-state index contributed by atoms with van der Waals surface area (Å²) >= 11 is 1.89. The van der Waals surface area contributed by atoms with Crippen LogP contribution in [0, 0.1) is 0 Å². The molecule has 0 saturated carbocycles. The van der Waals surface area contributed by atoms with E-state index in [0.717, 1.165) is 25.6 Å². The summed E-state index contributed by atoms with van der Waals surface area (Å²) in [6.07, 6.45) is 7.46. The van der Waals surface area contributed by atoms with E-state index in [4.69, 9.17) is 0 Å². The third-order valence-corrected chi connectivity index (χ3v) is 3.91. The zero-order chi connectivity index (χ0) is 13.1. The van der Waals surface area contributed by atoms with Gasteiger partial charge in [-0.05, 0) is 44.4 Å². The van der Waals surface area contributed by atoms with Gasteiger partial charge in [-0.2, -0.15) is 11.8 Å². The van der Waals surface area contributed by atoms with Gasteiger partial charge in [-0.15, -0.1) is 24.0 Å². The maximum Gasteiger partial charge on any atom is 0.191 e. The summed E-state index contributed by atoms with van der Waals surface area (Å²) in [4.78, 5) is 6.78. The molecule has 1 rings (SSSR count). The maximum atomic E-state index is 4.24. The van der Waals surface area contributed by atoms with E-state index in [1.54, 1.807) is 0 Å². The molecule has 0 atom stereocenters. The van der Waals surface area contributed by atoms with E-state index in [1.807, 2.05) is 18.8 Å². The summed E-state index contributed by atoms with van der Waals surface area (Å²) in [5.41, 5.74) is 0. The first kappa shape index (κ1) is 19.3. The quantitative estimate of drug-likeness (QED) is 0.297. The highest BCUT2D eigenvalue weighted by Crippen LogP contribution is 2.07. The summed E-state index contributed by atoms with van der Waals surface area (Å²) in [7, 11) is 1.84. The van der Waals surface area contributed by atoms with Gasteiger partial charge in [-0.3, -0.25) is 4.99 Å². The minimum atomic E-state index is 0. The van der Waals surface area contributed by atoms with E-state index in [1.165, 1.54) is 44.5 Å². The molecule has 1 aliphatic rings. The van der Waals surface area contributed by atoms with Crippen molar-refractivity contribution in [1.29, 1.82) is 0 Å². The normalized spacial score (nSPS) is 16.8. The van der Waals surface area contributed by atoms with E-state index in [0.29, 0.717) is 0 Å². The number of likely N-dealkylation sites (tertiary alicyclic amines) is 1. The van der Waals surface area contributed by atoms with Gasteiger partial charge in [0.1, 0.15) is 0 Å². The van der Waals surface area contributed by atoms with Gasteiger partial charge in [0.15, 0.2) is 5.96 Å². The molecule has 1 saturated heterocycles. The molecular formula is C13H29IN4S. The van der Waals surface area contributed by atoms with Crippen LogP contribution < -0.4 is 10.6 Å². The number of piperidine rings is 1. The Hall–Kier alpha value is 0.310. The molecule has 1 heterocycles. The fourth-order valence-corrected chi connectivity index (χ4v) is 2.59. The van der Waals surface area contributed by atoms with Crippen molar-refractivity contribution < 1.29 is 0 Å². The first-order valence-electron chi connectivity index (χ1n) is 7.02. The van der Waals surface area contributed by atoms with Gasteiger partial charge in [0.05, 0.1) is 0 Å². The van der Waals surface area contributed by atoms with Crippen LogP contribution in [-0.4, -0.2) is 62.6 Å². The zero-order valence-electron chi connectivity index (χ0n) is 12.3. The first-order valence-corrected chi connectivity index (χ1v) is 8.42. The molecule has 0 amide bonds. The van der Waals surface area contributed by atoms with Crippen LogP contribution >= 0.6 is 35.7 Å². The largest absolute Gasteiger partial charge is 0.356 e. The molecule has 0 aromatic rings. The van der Waals surface area contributed by atoms with Gasteiger partial charge >= 0.3 is 0 Å². The Morgan fingerprint density at radius 3 is 2.47 bits per heavy atom. The monoisotopic (exact) mass is 400 g/mol. The van der Waals surface area contributed by atoms with Crippen molar-refractivity contribution in [3.8, 4) is 0 Å². The highest BCUT2D eigenvalue weighted by atomic mass is 127. The van der Waals surface area contributed by atoms with E-state index in [2.05, 4.69) is 26.8 Å². The molecule has 0 unspecified atom stereocenters. The number of guanidine groups is 1. The second-order valence-corrected chi connectivity index (χ2v) is 5.66. The summed E-state index contributed by atoms with van der Waals surface area (Å²) < 4.78 is 0. The number of aliphatic imine (C=N–C) groups is 1. The molecule has 19 heavy (non-hydrogen) atoms. The van der Waals surface area contributed by atoms with Crippen molar-refractivity contribution in [3.63, 3.8) is 0 Å². The summed E-state index contributed by atoms with van der Waals surface area (Å²) in [5.74, 6) is 2.14. The predicted molar refractivity (Wildman–Crippen MR) is 98.1 cm³/mol. The van der Waals surface area contributed by atoms with Crippen LogP contribution in [0.5, 0.6) is 0 Å². The van der Waals surface area contributed by atoms with E-state index >= 15 is 0 Å². The number of halogens is 1. The zero-order valence-corrected chi connectivity index (χ0v) is 15.4. The number of nitrogens with zero attached hydrogens (tertiary/aromatic N) is 2. The summed E-state index contributed by atoms with van der Waals surface area (Å²) in [6.45, 7) is 5.65. The molecule has 1 aliphatic heterocycles. The lowest BCUT2D eigenvalue weighted by atomic mass is 10.1. The third-order valence-electron chi connectivity index (χ3n) is 3.21. The molecular weight excluding hydrogens is 371 g/mol. The SMILES string of the molecule is CN=C(NCCCSC)NCCN1CCCCC1.I. The summed E-state index contributed by atoms with van der Waals surface area (Å²) in [6, 6.07) is 0. The smallest absolute Gasteiger partial charge is 0.191 e. The van der Waals surface area contributed by atoms with Gasteiger partial charge in [-0.1, -0.05) is 6.42 Å². The Kier molecular flexibility index (Phi) is 13.5. The molecule has 114 valence electrons. The minimum absolute atomic E-state index is 0. The average molecular weight is 400 g/mol. The van der Waals surface area contributed by atoms with Crippen LogP contribution in [0.25, 0.3) is 0 Å². The molecule has 1 fully saturated rings. The molecule has 6 heteroatoms. The van der Waals surface area contributed by atoms with Gasteiger partial charge < -0.3 is 15.5 Å². The van der Waals surface area contributed by atoms with Crippen LogP contribution in [-0.2, 0) is 0 Å². The second kappa shape index (κ2) is 13.3. The maximum absolute atomic E-state index is 4.24. The Balaban J connectivity index is 0.00000324. The average Bonchev–Trinajstić information content (AvgIpc) is 2.42. The van der Waals surface area contributed by atoms with E-state index in [9.17, 15) is 0 Å². The first-order chi connectivity index (χ1) is 8.86. The van der Waals surface area contributed by atoms with Crippen LogP contribution in [0.3, 0.4) is 0 Å². The lowest BCUT2D eigenvalue weighted by Gasteiger charge is -2.26. The molecule has 0 aromatic heterocycles. The van der Waals surface area contributed by atoms with Crippen molar-refractivity contribution >= 4 is 41.7 Å². The molecule has 2 N–H and O–H groups in total. The fourth-order valence-electron chi connectivity index (χ4n) is 2.16. The Morgan fingerprint density at radius 1 is 1.16 bits per heavy atom. The topological polar surface area (TPSA) is 39.7 Å². The van der Waals surface area contributed by atoms with Crippen molar-refractivity contribution in [3.05, 3.63) is 0 Å². The van der Waals surface area contributed by atoms with Crippen LogP contribution in [0.2, 0.25) is 0 Å². The number of rotatable bonds is 7. The molecule has 0 aliphatic carbocycles. The van der Waals surface area contributed by atoms with Gasteiger partial charge in [0.25, 0.3) is 0 Å². The molecule has 4 nitrogen and oxygen atoms in total. The van der Waals surface area contributed by atoms with Crippen molar-refractivity contribution in [2.24, 2.45) is 4.99 Å². The van der Waals surface area contributed by atoms with E-state index in [-0.39, 0.29) is 24.0 Å². The Bertz CT molecular complexity index is 233. The lowest BCUT2D eigenvalue weighted by Crippen LogP contribution is -2.42. The van der Waals surface area contributed by atoms with Crippen molar-refractivity contribution in [1.82, 2.24) is 15.5 Å². The second-order valence-electron chi connectivity index (χ2n) is 4.67. The van der Waals surface area contributed by atoms with Gasteiger partial charge in [0.2, 0.25) is 0 Å². The van der Waals surface area contributed by atoms with E-state index < -0.39 is 0 Å². The fraction of sp³-hybridized carbons (Fsp3) is 0.923. The number of hydrogen-bond donors (Lipinski definition) is 2. The van der Waals surface area contributed by atoms with Gasteiger partial charge in [-0.25, -0.2) is 0 Å². The summed E-state index contributed by atoms with van der Waals surface area (Å²) in [5, 5.41) is 6.73. The highest BCUT2D eigenvalue weighted by Gasteiger charge is 2.09. The van der Waals surface area contributed by atoms with Crippen LogP contribution in [0.15, 0.2) is 4.99 Å². The Labute approximate surface area is 139 Å².